The number of pyridine rings is 1. The summed E-state index contributed by atoms with van der Waals surface area (Å²) in [5.74, 6) is -1.61. The van der Waals surface area contributed by atoms with Crippen molar-refractivity contribution < 1.29 is 24.3 Å². The van der Waals surface area contributed by atoms with Gasteiger partial charge in [-0.05, 0) is 55.2 Å². The molecule has 3 aromatic rings. The molecule has 3 amide bonds. The molecule has 0 bridgehead atoms. The van der Waals surface area contributed by atoms with E-state index in [0.717, 1.165) is 35.1 Å². The summed E-state index contributed by atoms with van der Waals surface area (Å²) in [6.07, 6.45) is 3.81. The summed E-state index contributed by atoms with van der Waals surface area (Å²) >= 11 is 0. The molecule has 0 spiro atoms. The summed E-state index contributed by atoms with van der Waals surface area (Å²) in [5.41, 5.74) is 4.05. The summed E-state index contributed by atoms with van der Waals surface area (Å²) in [4.78, 5) is 43.8. The lowest BCUT2D eigenvalue weighted by atomic mass is 9.84. The number of benzene rings is 2. The number of amides is 3. The number of hydrogen-bond acceptors (Lipinski definition) is 6. The van der Waals surface area contributed by atoms with Crippen LogP contribution in [-0.2, 0) is 21.0 Å². The molecule has 2 heterocycles. The molecule has 3 N–H and O–H groups in total. The molecule has 9 heteroatoms. The summed E-state index contributed by atoms with van der Waals surface area (Å²) < 4.78 is 6.00. The second-order valence-electron chi connectivity index (χ2n) is 9.34. The van der Waals surface area contributed by atoms with Gasteiger partial charge in [0.25, 0.3) is 0 Å². The second-order valence-corrected chi connectivity index (χ2v) is 9.34. The molecule has 0 radical (unpaired) electrons. The topological polar surface area (TPSA) is 121 Å². The van der Waals surface area contributed by atoms with Crippen molar-refractivity contribution in [1.82, 2.24) is 15.4 Å². The van der Waals surface area contributed by atoms with Crippen LogP contribution in [0, 0.1) is 17.8 Å². The van der Waals surface area contributed by atoms with Gasteiger partial charge in [-0.2, -0.15) is 0 Å². The molecule has 2 aromatic carbocycles. The number of ether oxygens (including phenoxy) is 1. The number of aromatic nitrogens is 1. The van der Waals surface area contributed by atoms with Gasteiger partial charge >= 0.3 is 0 Å². The van der Waals surface area contributed by atoms with Gasteiger partial charge in [0.1, 0.15) is 12.4 Å². The average molecular weight is 489 g/mol. The lowest BCUT2D eigenvalue weighted by Crippen LogP contribution is -2.52. The van der Waals surface area contributed by atoms with E-state index in [4.69, 9.17) is 4.74 Å². The third kappa shape index (κ3) is 5.16. The molecule has 1 saturated heterocycles. The second kappa shape index (κ2) is 10.3. The summed E-state index contributed by atoms with van der Waals surface area (Å²) in [6, 6.07) is 16.9. The third-order valence-corrected chi connectivity index (χ3v) is 6.86. The van der Waals surface area contributed by atoms with Gasteiger partial charge in [-0.15, -0.1) is 0 Å². The fourth-order valence-corrected chi connectivity index (χ4v) is 4.68. The highest BCUT2D eigenvalue weighted by atomic mass is 16.5. The highest BCUT2D eigenvalue weighted by molar-refractivity contribution is 5.96. The molecular formula is C27H28N4O5. The van der Waals surface area contributed by atoms with Crippen LogP contribution in [0.4, 0.5) is 5.69 Å². The summed E-state index contributed by atoms with van der Waals surface area (Å²) in [6.45, 7) is 0.900. The first-order valence-corrected chi connectivity index (χ1v) is 12.1. The van der Waals surface area contributed by atoms with Crippen molar-refractivity contribution in [2.75, 3.05) is 18.4 Å². The zero-order valence-corrected chi connectivity index (χ0v) is 19.7. The molecule has 5 rings (SSSR count). The Morgan fingerprint density at radius 1 is 0.972 bits per heavy atom. The molecule has 1 saturated carbocycles. The van der Waals surface area contributed by atoms with E-state index in [9.17, 15) is 19.6 Å². The zero-order valence-electron chi connectivity index (χ0n) is 19.7. The Morgan fingerprint density at radius 3 is 2.50 bits per heavy atom. The summed E-state index contributed by atoms with van der Waals surface area (Å²) in [5, 5.41) is 13.0. The minimum absolute atomic E-state index is 0.0298. The highest BCUT2D eigenvalue weighted by Gasteiger charge is 2.42. The van der Waals surface area contributed by atoms with Gasteiger partial charge in [-0.1, -0.05) is 24.3 Å². The first-order valence-electron chi connectivity index (χ1n) is 12.1. The van der Waals surface area contributed by atoms with Crippen LogP contribution in [0.5, 0.6) is 5.75 Å². The van der Waals surface area contributed by atoms with E-state index in [0.29, 0.717) is 25.3 Å². The fraction of sp³-hybridized carbons (Fsp3) is 0.333. The Balaban J connectivity index is 1.20. The Labute approximate surface area is 208 Å². The number of nitrogens with one attached hydrogen (secondary N) is 2. The van der Waals surface area contributed by atoms with Gasteiger partial charge in [0.05, 0.1) is 17.4 Å². The van der Waals surface area contributed by atoms with Crippen molar-refractivity contribution >= 4 is 34.3 Å². The Bertz CT molecular complexity index is 1270. The maximum absolute atomic E-state index is 13.0. The van der Waals surface area contributed by atoms with Crippen LogP contribution in [0.1, 0.15) is 24.8 Å². The van der Waals surface area contributed by atoms with Crippen LogP contribution in [0.25, 0.3) is 10.9 Å². The van der Waals surface area contributed by atoms with E-state index in [2.05, 4.69) is 10.3 Å². The van der Waals surface area contributed by atoms with E-state index < -0.39 is 17.7 Å². The number of carbonyl (C=O) groups excluding carboxylic acids is 3. The quantitative estimate of drug-likeness (QED) is 0.347. The van der Waals surface area contributed by atoms with Crippen LogP contribution >= 0.6 is 0 Å². The van der Waals surface area contributed by atoms with Crippen molar-refractivity contribution in [3.63, 3.8) is 0 Å². The Kier molecular flexibility index (Phi) is 6.81. The highest BCUT2D eigenvalue weighted by Crippen LogP contribution is 2.34. The monoisotopic (exact) mass is 488 g/mol. The summed E-state index contributed by atoms with van der Waals surface area (Å²) in [7, 11) is 0. The van der Waals surface area contributed by atoms with Crippen LogP contribution in [0.3, 0.4) is 0 Å². The predicted octanol–water partition coefficient (Wildman–Crippen LogP) is 3.13. The molecule has 2 atom stereocenters. The standard InChI is InChI=1S/C27H28N4O5/c32-25(20-12-14-31(27(34)18-7-8-18)15-22(20)26(33)30-35)29-19-9-5-17(6-10-19)16-36-24-11-13-28-23-4-2-1-3-21(23)24/h1-6,9-11,13,18,20,22,35H,7-8,12,14-16H2,(H,29,32)(H,30,33)/t20-,22-/m0/s1. The van der Waals surface area contributed by atoms with Crippen LogP contribution < -0.4 is 15.5 Å². The first kappa shape index (κ1) is 23.7. The number of carbonyl (C=O) groups is 3. The molecule has 1 aromatic heterocycles. The van der Waals surface area contributed by atoms with Crippen molar-refractivity contribution in [1.29, 1.82) is 0 Å². The number of rotatable bonds is 7. The number of nitrogens with zero attached hydrogens (tertiary/aromatic N) is 2. The Morgan fingerprint density at radius 2 is 1.75 bits per heavy atom. The number of hydrogen-bond donors (Lipinski definition) is 3. The minimum Gasteiger partial charge on any atom is -0.488 e. The van der Waals surface area contributed by atoms with E-state index in [1.165, 1.54) is 0 Å². The number of para-hydroxylation sites is 1. The Hall–Kier alpha value is -3.98. The van der Waals surface area contributed by atoms with Crippen molar-refractivity contribution in [3.8, 4) is 5.75 Å². The molecule has 2 fully saturated rings. The third-order valence-electron chi connectivity index (χ3n) is 6.86. The van der Waals surface area contributed by atoms with Crippen LogP contribution in [0.15, 0.2) is 60.8 Å². The number of likely N-dealkylation sites (tertiary alicyclic amines) is 1. The zero-order chi connectivity index (χ0) is 25.1. The number of fused-ring (bicyclic) bond motifs is 1. The SMILES string of the molecule is O=C(NO)[C@H]1CN(C(=O)C2CC2)CC[C@@H]1C(=O)Nc1ccc(COc2ccnc3ccccc23)cc1. The van der Waals surface area contributed by atoms with Crippen LogP contribution in [-0.4, -0.2) is 45.9 Å². The van der Waals surface area contributed by atoms with E-state index >= 15 is 0 Å². The predicted molar refractivity (Wildman–Crippen MR) is 132 cm³/mol. The van der Waals surface area contributed by atoms with E-state index in [-0.39, 0.29) is 24.3 Å². The molecule has 9 nitrogen and oxygen atoms in total. The van der Waals surface area contributed by atoms with E-state index in [1.54, 1.807) is 28.7 Å². The van der Waals surface area contributed by atoms with Crippen molar-refractivity contribution in [2.24, 2.45) is 17.8 Å². The van der Waals surface area contributed by atoms with Crippen molar-refractivity contribution in [2.45, 2.75) is 25.9 Å². The van der Waals surface area contributed by atoms with Gasteiger partial charge < -0.3 is 15.0 Å². The molecule has 2 aliphatic rings. The number of piperidine rings is 1. The average Bonchev–Trinajstić information content (AvgIpc) is 3.77. The van der Waals surface area contributed by atoms with Crippen molar-refractivity contribution in [3.05, 3.63) is 66.4 Å². The van der Waals surface area contributed by atoms with Gasteiger partial charge in [0, 0.05) is 36.3 Å². The molecular weight excluding hydrogens is 460 g/mol. The number of hydroxylamine groups is 1. The van der Waals surface area contributed by atoms with Gasteiger partial charge in [-0.3, -0.25) is 24.6 Å². The van der Waals surface area contributed by atoms with E-state index in [1.807, 2.05) is 42.5 Å². The minimum atomic E-state index is -0.811. The molecule has 1 aliphatic carbocycles. The van der Waals surface area contributed by atoms with Crippen LogP contribution in [0.2, 0.25) is 0 Å². The smallest absolute Gasteiger partial charge is 0.249 e. The van der Waals surface area contributed by atoms with Gasteiger partial charge in [-0.25, -0.2) is 5.48 Å². The normalized spacial score (nSPS) is 19.5. The molecule has 1 aliphatic heterocycles. The molecule has 36 heavy (non-hydrogen) atoms. The lowest BCUT2D eigenvalue weighted by Gasteiger charge is -2.36. The number of anilines is 1. The molecule has 0 unspecified atom stereocenters. The molecule has 186 valence electrons. The lowest BCUT2D eigenvalue weighted by molar-refractivity contribution is -0.146. The van der Waals surface area contributed by atoms with Gasteiger partial charge in [0.2, 0.25) is 17.7 Å². The van der Waals surface area contributed by atoms with Gasteiger partial charge in [0.15, 0.2) is 0 Å². The first-order chi connectivity index (χ1) is 17.5. The maximum atomic E-state index is 13.0. The largest absolute Gasteiger partial charge is 0.488 e. The maximum Gasteiger partial charge on any atom is 0.249 e. The fourth-order valence-electron chi connectivity index (χ4n) is 4.68.